The van der Waals surface area contributed by atoms with Gasteiger partial charge in [0.15, 0.2) is 6.29 Å². The number of hydrogen-bond donors (Lipinski definition) is 1. The Morgan fingerprint density at radius 3 is 2.37 bits per heavy atom. The molecule has 2 heterocycles. The van der Waals surface area contributed by atoms with Crippen molar-refractivity contribution in [3.63, 3.8) is 0 Å². The molecule has 2 saturated heterocycles. The maximum atomic E-state index is 13.1. The minimum Gasteiger partial charge on any atom is -0.435 e. The predicted octanol–water partition coefficient (Wildman–Crippen LogP) is 4.26. The molecule has 2 aliphatic rings. The summed E-state index contributed by atoms with van der Waals surface area (Å²) in [6.45, 7) is -0.282. The average molecular weight is 418 g/mol. The van der Waals surface area contributed by atoms with Crippen LogP contribution in [0.15, 0.2) is 48.5 Å². The van der Waals surface area contributed by atoms with E-state index in [1.165, 1.54) is 12.1 Å². The van der Waals surface area contributed by atoms with E-state index in [9.17, 15) is 13.6 Å². The number of para-hydroxylation sites is 1. The quantitative estimate of drug-likeness (QED) is 0.760. The highest BCUT2D eigenvalue weighted by molar-refractivity contribution is 6.00. The smallest absolute Gasteiger partial charge is 0.387 e. The fourth-order valence-electron chi connectivity index (χ4n) is 3.85. The molecular formula is C22H24F2N2O4. The molecule has 2 aromatic rings. The maximum Gasteiger partial charge on any atom is 0.387 e. The molecule has 2 aromatic carbocycles. The van der Waals surface area contributed by atoms with Crippen molar-refractivity contribution in [1.82, 2.24) is 4.90 Å². The highest BCUT2D eigenvalue weighted by atomic mass is 19.3. The summed E-state index contributed by atoms with van der Waals surface area (Å²) in [5, 5.41) is 3.20. The molecule has 0 aliphatic carbocycles. The Kier molecular flexibility index (Phi) is 6.44. The average Bonchev–Trinajstić information content (AvgIpc) is 3.30. The van der Waals surface area contributed by atoms with Crippen LogP contribution < -0.4 is 10.1 Å². The van der Waals surface area contributed by atoms with Gasteiger partial charge in [-0.2, -0.15) is 8.78 Å². The van der Waals surface area contributed by atoms with Crippen LogP contribution in [-0.4, -0.2) is 50.0 Å². The number of hydrogen-bond acceptors (Lipinski definition) is 5. The topological polar surface area (TPSA) is 60.0 Å². The summed E-state index contributed by atoms with van der Waals surface area (Å²) in [5.41, 5.74) is 1.90. The van der Waals surface area contributed by atoms with Crippen molar-refractivity contribution in [2.75, 3.05) is 31.6 Å². The lowest BCUT2D eigenvalue weighted by Crippen LogP contribution is -2.41. The highest BCUT2D eigenvalue weighted by Crippen LogP contribution is 2.29. The van der Waals surface area contributed by atoms with E-state index in [1.807, 2.05) is 23.1 Å². The van der Waals surface area contributed by atoms with Crippen LogP contribution in [0.5, 0.6) is 5.75 Å². The second-order valence-electron chi connectivity index (χ2n) is 7.31. The van der Waals surface area contributed by atoms with Crippen molar-refractivity contribution >= 4 is 17.3 Å². The first-order valence-electron chi connectivity index (χ1n) is 10.0. The second-order valence-corrected chi connectivity index (χ2v) is 7.31. The number of carbonyl (C=O) groups excluding carboxylic acids is 1. The van der Waals surface area contributed by atoms with Gasteiger partial charge in [0.1, 0.15) is 5.75 Å². The highest BCUT2D eigenvalue weighted by Gasteiger charge is 2.32. The third-order valence-electron chi connectivity index (χ3n) is 5.38. The van der Waals surface area contributed by atoms with Crippen LogP contribution in [-0.2, 0) is 9.47 Å². The molecule has 1 N–H and O–H groups in total. The number of likely N-dealkylation sites (tertiary alicyclic amines) is 1. The predicted molar refractivity (Wildman–Crippen MR) is 107 cm³/mol. The van der Waals surface area contributed by atoms with Crippen LogP contribution in [0.1, 0.15) is 23.2 Å². The number of amides is 1. The maximum absolute atomic E-state index is 13.1. The fraction of sp³-hybridized carbons (Fsp3) is 0.409. The van der Waals surface area contributed by atoms with Gasteiger partial charge in [-0.15, -0.1) is 0 Å². The number of rotatable bonds is 6. The number of nitrogens with one attached hydrogen (secondary N) is 1. The van der Waals surface area contributed by atoms with Gasteiger partial charge in [0.25, 0.3) is 5.91 Å². The molecule has 0 saturated carbocycles. The summed E-state index contributed by atoms with van der Waals surface area (Å²) >= 11 is 0. The zero-order valence-corrected chi connectivity index (χ0v) is 16.4. The molecular weight excluding hydrogens is 394 g/mol. The van der Waals surface area contributed by atoms with Crippen LogP contribution in [0.2, 0.25) is 0 Å². The summed E-state index contributed by atoms with van der Waals surface area (Å²) in [6.07, 6.45) is 1.54. The molecule has 0 bridgehead atoms. The SMILES string of the molecule is O=C(c1ccccc1Nc1ccc(OC(F)F)cc1)N1CCC(C2OCCO2)CC1. The van der Waals surface area contributed by atoms with Crippen LogP contribution in [0.4, 0.5) is 20.2 Å². The summed E-state index contributed by atoms with van der Waals surface area (Å²) in [4.78, 5) is 15.0. The van der Waals surface area contributed by atoms with Gasteiger partial charge in [0.2, 0.25) is 0 Å². The van der Waals surface area contributed by atoms with E-state index in [1.54, 1.807) is 18.2 Å². The number of benzene rings is 2. The van der Waals surface area contributed by atoms with Crippen molar-refractivity contribution < 1.29 is 27.8 Å². The minimum absolute atomic E-state index is 0.0394. The molecule has 160 valence electrons. The van der Waals surface area contributed by atoms with E-state index in [4.69, 9.17) is 9.47 Å². The van der Waals surface area contributed by atoms with Crippen LogP contribution in [0.3, 0.4) is 0 Å². The Morgan fingerprint density at radius 2 is 1.70 bits per heavy atom. The van der Waals surface area contributed by atoms with Gasteiger partial charge in [-0.1, -0.05) is 12.1 Å². The molecule has 0 radical (unpaired) electrons. The number of ether oxygens (including phenoxy) is 3. The lowest BCUT2D eigenvalue weighted by atomic mass is 9.95. The summed E-state index contributed by atoms with van der Waals surface area (Å²) in [7, 11) is 0. The molecule has 8 heteroatoms. The Morgan fingerprint density at radius 1 is 1.03 bits per heavy atom. The summed E-state index contributed by atoms with van der Waals surface area (Å²) in [6, 6.07) is 13.4. The number of anilines is 2. The Hall–Kier alpha value is -2.71. The second kappa shape index (κ2) is 9.40. The van der Waals surface area contributed by atoms with E-state index in [0.29, 0.717) is 49.2 Å². The lowest BCUT2D eigenvalue weighted by Gasteiger charge is -2.34. The van der Waals surface area contributed by atoms with Gasteiger partial charge in [-0.05, 0) is 49.2 Å². The first kappa shape index (κ1) is 20.6. The zero-order chi connectivity index (χ0) is 20.9. The third-order valence-corrected chi connectivity index (χ3v) is 5.38. The van der Waals surface area contributed by atoms with E-state index in [2.05, 4.69) is 10.1 Å². The standard InChI is InChI=1S/C22H24F2N2O4/c23-22(24)30-17-7-5-16(6-8-17)25-19-4-2-1-3-18(19)20(27)26-11-9-15(10-12-26)21-28-13-14-29-21/h1-8,15,21-22,25H,9-14H2. The van der Waals surface area contributed by atoms with Crippen molar-refractivity contribution in [1.29, 1.82) is 0 Å². The first-order chi connectivity index (χ1) is 14.6. The van der Waals surface area contributed by atoms with Crippen LogP contribution in [0.25, 0.3) is 0 Å². The van der Waals surface area contributed by atoms with E-state index < -0.39 is 6.61 Å². The number of carbonyl (C=O) groups is 1. The molecule has 4 rings (SSSR count). The third kappa shape index (κ3) is 4.88. The molecule has 0 unspecified atom stereocenters. The van der Waals surface area contributed by atoms with Gasteiger partial charge >= 0.3 is 6.61 Å². The normalized spacial score (nSPS) is 18.0. The number of alkyl halides is 2. The molecule has 0 atom stereocenters. The number of piperidine rings is 1. The molecule has 30 heavy (non-hydrogen) atoms. The minimum atomic E-state index is -2.86. The first-order valence-corrected chi connectivity index (χ1v) is 10.0. The summed E-state index contributed by atoms with van der Waals surface area (Å²) < 4.78 is 40.2. The van der Waals surface area contributed by atoms with E-state index in [0.717, 1.165) is 12.8 Å². The number of nitrogens with zero attached hydrogens (tertiary/aromatic N) is 1. The monoisotopic (exact) mass is 418 g/mol. The van der Waals surface area contributed by atoms with Gasteiger partial charge in [-0.3, -0.25) is 4.79 Å². The molecule has 0 spiro atoms. The van der Waals surface area contributed by atoms with Gasteiger partial charge < -0.3 is 24.4 Å². The lowest BCUT2D eigenvalue weighted by molar-refractivity contribution is -0.0956. The Balaban J connectivity index is 1.41. The van der Waals surface area contributed by atoms with Crippen molar-refractivity contribution in [3.8, 4) is 5.75 Å². The van der Waals surface area contributed by atoms with Gasteiger partial charge in [0, 0.05) is 24.7 Å². The molecule has 2 aliphatic heterocycles. The van der Waals surface area contributed by atoms with E-state index in [-0.39, 0.29) is 17.9 Å². The Bertz CT molecular complexity index is 848. The summed E-state index contributed by atoms with van der Waals surface area (Å²) in [5.74, 6) is 0.361. The fourth-order valence-corrected chi connectivity index (χ4v) is 3.85. The molecule has 0 aromatic heterocycles. The number of halogens is 2. The van der Waals surface area contributed by atoms with Crippen molar-refractivity contribution in [3.05, 3.63) is 54.1 Å². The van der Waals surface area contributed by atoms with Gasteiger partial charge in [0.05, 0.1) is 24.5 Å². The Labute approximate surface area is 173 Å². The van der Waals surface area contributed by atoms with Crippen LogP contribution >= 0.6 is 0 Å². The van der Waals surface area contributed by atoms with Crippen LogP contribution in [0, 0.1) is 5.92 Å². The molecule has 6 nitrogen and oxygen atoms in total. The van der Waals surface area contributed by atoms with E-state index >= 15 is 0 Å². The van der Waals surface area contributed by atoms with Gasteiger partial charge in [-0.25, -0.2) is 0 Å². The largest absolute Gasteiger partial charge is 0.435 e. The molecule has 2 fully saturated rings. The zero-order valence-electron chi connectivity index (χ0n) is 16.4. The van der Waals surface area contributed by atoms with Crippen molar-refractivity contribution in [2.45, 2.75) is 25.7 Å². The molecule has 1 amide bonds. The van der Waals surface area contributed by atoms with Crippen molar-refractivity contribution in [2.24, 2.45) is 5.92 Å².